The second-order valence-electron chi connectivity index (χ2n) is 4.75. The molecule has 1 aliphatic heterocycles. The van der Waals surface area contributed by atoms with Crippen molar-refractivity contribution in [3.63, 3.8) is 0 Å². The van der Waals surface area contributed by atoms with Crippen molar-refractivity contribution in [2.45, 2.75) is 31.9 Å². The summed E-state index contributed by atoms with van der Waals surface area (Å²) in [5, 5.41) is 0.513. The molecule has 0 radical (unpaired) electrons. The Kier molecular flexibility index (Phi) is 4.66. The normalized spacial score (nSPS) is 20.4. The molecule has 2 atom stereocenters. The van der Waals surface area contributed by atoms with E-state index < -0.39 is 6.10 Å². The molecule has 1 saturated heterocycles. The van der Waals surface area contributed by atoms with Gasteiger partial charge in [-0.15, -0.1) is 0 Å². The van der Waals surface area contributed by atoms with Gasteiger partial charge in [0.05, 0.1) is 5.02 Å². The first-order chi connectivity index (χ1) is 9.13. The minimum Gasteiger partial charge on any atom is -0.479 e. The molecule has 19 heavy (non-hydrogen) atoms. The first kappa shape index (κ1) is 14.2. The molecule has 1 aliphatic rings. The summed E-state index contributed by atoms with van der Waals surface area (Å²) in [6, 6.07) is 7.30. The largest absolute Gasteiger partial charge is 0.479 e. The minimum absolute atomic E-state index is 0.0205. The Labute approximate surface area is 118 Å². The fraction of sp³-hybridized carbons (Fsp3) is 0.500. The second kappa shape index (κ2) is 6.26. The number of nitrogens with zero attached hydrogens (tertiary/aromatic N) is 1. The van der Waals surface area contributed by atoms with Crippen LogP contribution >= 0.6 is 11.6 Å². The smallest absolute Gasteiger partial charge is 0.263 e. The van der Waals surface area contributed by atoms with Crippen molar-refractivity contribution in [2.24, 2.45) is 5.73 Å². The van der Waals surface area contributed by atoms with Gasteiger partial charge in [0.2, 0.25) is 0 Å². The number of hydrogen-bond donors (Lipinski definition) is 1. The lowest BCUT2D eigenvalue weighted by Crippen LogP contribution is -2.45. The summed E-state index contributed by atoms with van der Waals surface area (Å²) in [5.41, 5.74) is 5.68. The highest BCUT2D eigenvalue weighted by atomic mass is 35.5. The molecule has 1 amide bonds. The van der Waals surface area contributed by atoms with Gasteiger partial charge in [-0.1, -0.05) is 23.7 Å². The summed E-state index contributed by atoms with van der Waals surface area (Å²) in [6.45, 7) is 3.01. The minimum atomic E-state index is -0.549. The highest BCUT2D eigenvalue weighted by Gasteiger charge is 2.31. The fourth-order valence-electron chi connectivity index (χ4n) is 2.39. The number of halogens is 1. The summed E-state index contributed by atoms with van der Waals surface area (Å²) in [5.74, 6) is 0.515. The predicted octanol–water partition coefficient (Wildman–Crippen LogP) is 2.06. The number of amides is 1. The summed E-state index contributed by atoms with van der Waals surface area (Å²) in [7, 11) is 0. The third kappa shape index (κ3) is 3.19. The van der Waals surface area contributed by atoms with Gasteiger partial charge in [-0.05, 0) is 31.9 Å². The third-order valence-electron chi connectivity index (χ3n) is 3.42. The maximum absolute atomic E-state index is 12.3. The van der Waals surface area contributed by atoms with E-state index in [1.807, 2.05) is 17.0 Å². The first-order valence-electron chi connectivity index (χ1n) is 6.55. The molecule has 104 valence electrons. The number of para-hydroxylation sites is 1. The van der Waals surface area contributed by atoms with Crippen LogP contribution in [-0.2, 0) is 4.79 Å². The van der Waals surface area contributed by atoms with Crippen molar-refractivity contribution in [1.29, 1.82) is 0 Å². The number of ether oxygens (including phenoxy) is 1. The van der Waals surface area contributed by atoms with Crippen LogP contribution in [0.3, 0.4) is 0 Å². The SMILES string of the molecule is C[C@H](Oc1ccccc1Cl)C(=O)N1CCC[C@H]1CN. The van der Waals surface area contributed by atoms with Crippen LogP contribution in [0.15, 0.2) is 24.3 Å². The van der Waals surface area contributed by atoms with E-state index in [0.29, 0.717) is 17.3 Å². The fourth-order valence-corrected chi connectivity index (χ4v) is 2.57. The molecule has 1 heterocycles. The van der Waals surface area contributed by atoms with E-state index in [2.05, 4.69) is 0 Å². The number of carbonyl (C=O) groups excluding carboxylic acids is 1. The van der Waals surface area contributed by atoms with Crippen LogP contribution in [0.1, 0.15) is 19.8 Å². The number of benzene rings is 1. The maximum atomic E-state index is 12.3. The summed E-state index contributed by atoms with van der Waals surface area (Å²) in [4.78, 5) is 14.2. The number of rotatable bonds is 4. The summed E-state index contributed by atoms with van der Waals surface area (Å²) in [6.07, 6.45) is 1.43. The van der Waals surface area contributed by atoms with E-state index in [4.69, 9.17) is 22.1 Å². The Hall–Kier alpha value is -1.26. The molecular formula is C14H19ClN2O2. The molecule has 1 fully saturated rings. The van der Waals surface area contributed by atoms with Crippen LogP contribution in [0, 0.1) is 0 Å². The predicted molar refractivity (Wildman–Crippen MR) is 75.3 cm³/mol. The Balaban J connectivity index is 2.02. The van der Waals surface area contributed by atoms with Gasteiger partial charge in [-0.3, -0.25) is 4.79 Å². The van der Waals surface area contributed by atoms with E-state index in [0.717, 1.165) is 19.4 Å². The molecule has 0 spiro atoms. The Morgan fingerprint density at radius 2 is 2.32 bits per heavy atom. The van der Waals surface area contributed by atoms with Crippen molar-refractivity contribution in [3.8, 4) is 5.75 Å². The van der Waals surface area contributed by atoms with Gasteiger partial charge in [-0.2, -0.15) is 0 Å². The lowest BCUT2D eigenvalue weighted by molar-refractivity contribution is -0.138. The van der Waals surface area contributed by atoms with Crippen molar-refractivity contribution >= 4 is 17.5 Å². The maximum Gasteiger partial charge on any atom is 0.263 e. The summed E-state index contributed by atoms with van der Waals surface area (Å²) >= 11 is 6.02. The molecule has 4 nitrogen and oxygen atoms in total. The average molecular weight is 283 g/mol. The van der Waals surface area contributed by atoms with Crippen molar-refractivity contribution in [2.75, 3.05) is 13.1 Å². The van der Waals surface area contributed by atoms with Gasteiger partial charge in [-0.25, -0.2) is 0 Å². The van der Waals surface area contributed by atoms with Crippen LogP contribution in [-0.4, -0.2) is 36.0 Å². The lowest BCUT2D eigenvalue weighted by Gasteiger charge is -2.27. The molecule has 2 rings (SSSR count). The topological polar surface area (TPSA) is 55.6 Å². The molecule has 0 unspecified atom stereocenters. The van der Waals surface area contributed by atoms with Crippen LogP contribution in [0.5, 0.6) is 5.75 Å². The van der Waals surface area contributed by atoms with E-state index in [1.54, 1.807) is 19.1 Å². The van der Waals surface area contributed by atoms with Crippen molar-refractivity contribution < 1.29 is 9.53 Å². The van der Waals surface area contributed by atoms with Gasteiger partial charge in [0.1, 0.15) is 5.75 Å². The summed E-state index contributed by atoms with van der Waals surface area (Å²) < 4.78 is 5.65. The van der Waals surface area contributed by atoms with E-state index >= 15 is 0 Å². The number of nitrogens with two attached hydrogens (primary N) is 1. The van der Waals surface area contributed by atoms with Gasteiger partial charge < -0.3 is 15.4 Å². The van der Waals surface area contributed by atoms with Gasteiger partial charge in [0.15, 0.2) is 6.10 Å². The molecule has 0 bridgehead atoms. The second-order valence-corrected chi connectivity index (χ2v) is 5.16. The number of hydrogen-bond acceptors (Lipinski definition) is 3. The molecule has 1 aromatic carbocycles. The van der Waals surface area contributed by atoms with Crippen molar-refractivity contribution in [3.05, 3.63) is 29.3 Å². The lowest BCUT2D eigenvalue weighted by atomic mass is 10.2. The molecule has 1 aromatic rings. The monoisotopic (exact) mass is 282 g/mol. The highest BCUT2D eigenvalue weighted by molar-refractivity contribution is 6.32. The van der Waals surface area contributed by atoms with Crippen LogP contribution in [0.2, 0.25) is 5.02 Å². The van der Waals surface area contributed by atoms with Crippen LogP contribution in [0.25, 0.3) is 0 Å². The highest BCUT2D eigenvalue weighted by Crippen LogP contribution is 2.25. The van der Waals surface area contributed by atoms with Crippen molar-refractivity contribution in [1.82, 2.24) is 4.90 Å². The molecule has 2 N–H and O–H groups in total. The van der Waals surface area contributed by atoms with Gasteiger partial charge in [0, 0.05) is 19.1 Å². The van der Waals surface area contributed by atoms with Gasteiger partial charge >= 0.3 is 0 Å². The number of carbonyl (C=O) groups is 1. The molecule has 0 aromatic heterocycles. The zero-order valence-corrected chi connectivity index (χ0v) is 11.8. The van der Waals surface area contributed by atoms with E-state index in [9.17, 15) is 4.79 Å². The van der Waals surface area contributed by atoms with Gasteiger partial charge in [0.25, 0.3) is 5.91 Å². The van der Waals surface area contributed by atoms with E-state index in [1.165, 1.54) is 0 Å². The Bertz CT molecular complexity index is 453. The quantitative estimate of drug-likeness (QED) is 0.920. The molecule has 5 heteroatoms. The van der Waals surface area contributed by atoms with E-state index in [-0.39, 0.29) is 11.9 Å². The molecule has 0 saturated carbocycles. The van der Waals surface area contributed by atoms with Crippen LogP contribution in [0.4, 0.5) is 0 Å². The number of likely N-dealkylation sites (tertiary alicyclic amines) is 1. The Morgan fingerprint density at radius 3 is 3.00 bits per heavy atom. The molecular weight excluding hydrogens is 264 g/mol. The zero-order valence-electron chi connectivity index (χ0n) is 11.0. The standard InChI is InChI=1S/C14H19ClN2O2/c1-10(19-13-7-3-2-6-12(13)15)14(18)17-8-4-5-11(17)9-16/h2-3,6-7,10-11H,4-5,8-9,16H2,1H3/t10-,11-/m0/s1. The first-order valence-corrected chi connectivity index (χ1v) is 6.93. The van der Waals surface area contributed by atoms with Crippen LogP contribution < -0.4 is 10.5 Å². The Morgan fingerprint density at radius 1 is 1.58 bits per heavy atom. The third-order valence-corrected chi connectivity index (χ3v) is 3.73. The molecule has 0 aliphatic carbocycles. The average Bonchev–Trinajstić information content (AvgIpc) is 2.88. The zero-order chi connectivity index (χ0) is 13.8.